The Hall–Kier alpha value is -0.490. The van der Waals surface area contributed by atoms with Crippen molar-refractivity contribution >= 4 is 46.7 Å². The normalized spacial score (nSPS) is 10.5. The van der Waals surface area contributed by atoms with E-state index in [4.69, 9.17) is 23.2 Å². The minimum atomic E-state index is 0.416. The molecule has 0 saturated carbocycles. The number of rotatable bonds is 3. The Kier molecular flexibility index (Phi) is 4.50. The third-order valence-electron chi connectivity index (χ3n) is 1.76. The summed E-state index contributed by atoms with van der Waals surface area (Å²) in [4.78, 5) is 12.6. The highest BCUT2D eigenvalue weighted by Gasteiger charge is 2.07. The number of aromatic nitrogens is 3. The summed E-state index contributed by atoms with van der Waals surface area (Å²) in [6.45, 7) is 0. The fourth-order valence-corrected chi connectivity index (χ4v) is 2.82. The van der Waals surface area contributed by atoms with Gasteiger partial charge in [-0.2, -0.15) is 0 Å². The highest BCUT2D eigenvalue weighted by molar-refractivity contribution is 7.99. The van der Waals surface area contributed by atoms with Crippen LogP contribution in [0.1, 0.15) is 0 Å². The number of nitrogens with zero attached hydrogens (tertiary/aromatic N) is 3. The lowest BCUT2D eigenvalue weighted by atomic mass is 10.5. The monoisotopic (exact) mass is 303 g/mol. The van der Waals surface area contributed by atoms with E-state index in [1.807, 2.05) is 6.26 Å². The van der Waals surface area contributed by atoms with Crippen molar-refractivity contribution in [3.8, 4) is 0 Å². The molecule has 0 aliphatic rings. The van der Waals surface area contributed by atoms with E-state index in [1.54, 1.807) is 24.4 Å². The Balaban J connectivity index is 2.30. The second-order valence-electron chi connectivity index (χ2n) is 2.91. The van der Waals surface area contributed by atoms with Crippen molar-refractivity contribution in [2.24, 2.45) is 0 Å². The van der Waals surface area contributed by atoms with Crippen LogP contribution in [0.5, 0.6) is 0 Å². The Morgan fingerprint density at radius 2 is 2.06 bits per heavy atom. The summed E-state index contributed by atoms with van der Waals surface area (Å²) in [5, 5.41) is 3.08. The van der Waals surface area contributed by atoms with Crippen LogP contribution in [-0.2, 0) is 0 Å². The minimum absolute atomic E-state index is 0.416. The number of halogens is 2. The predicted molar refractivity (Wildman–Crippen MR) is 72.2 cm³/mol. The van der Waals surface area contributed by atoms with Crippen LogP contribution in [0, 0.1) is 0 Å². The molecular formula is C10H7Cl2N3S2. The van der Waals surface area contributed by atoms with Gasteiger partial charge in [0.25, 0.3) is 0 Å². The molecule has 2 heterocycles. The molecule has 0 bridgehead atoms. The van der Waals surface area contributed by atoms with E-state index in [0.717, 1.165) is 5.03 Å². The first-order valence-electron chi connectivity index (χ1n) is 4.56. The second-order valence-corrected chi connectivity index (χ2v) is 5.48. The van der Waals surface area contributed by atoms with E-state index in [-0.39, 0.29) is 0 Å². The van der Waals surface area contributed by atoms with Crippen molar-refractivity contribution in [1.29, 1.82) is 0 Å². The van der Waals surface area contributed by atoms with E-state index >= 15 is 0 Å². The molecule has 88 valence electrons. The number of hydrogen-bond donors (Lipinski definition) is 0. The molecule has 0 fully saturated rings. The topological polar surface area (TPSA) is 38.7 Å². The molecule has 0 aromatic carbocycles. The van der Waals surface area contributed by atoms with Gasteiger partial charge in [-0.1, -0.05) is 35.0 Å². The van der Waals surface area contributed by atoms with E-state index < -0.39 is 0 Å². The van der Waals surface area contributed by atoms with Crippen LogP contribution < -0.4 is 0 Å². The summed E-state index contributed by atoms with van der Waals surface area (Å²) < 4.78 is 0. The lowest BCUT2D eigenvalue weighted by Gasteiger charge is -2.03. The maximum absolute atomic E-state index is 6.02. The highest BCUT2D eigenvalue weighted by Crippen LogP contribution is 2.31. The second kappa shape index (κ2) is 5.91. The van der Waals surface area contributed by atoms with Crippen molar-refractivity contribution in [3.63, 3.8) is 0 Å². The van der Waals surface area contributed by atoms with Gasteiger partial charge in [-0.3, -0.25) is 0 Å². The molecule has 0 radical (unpaired) electrons. The number of thioether (sulfide) groups is 1. The lowest BCUT2D eigenvalue weighted by molar-refractivity contribution is 0.892. The summed E-state index contributed by atoms with van der Waals surface area (Å²) in [6, 6.07) is 5.26. The van der Waals surface area contributed by atoms with Crippen LogP contribution in [0.2, 0.25) is 10.2 Å². The molecular weight excluding hydrogens is 297 g/mol. The van der Waals surface area contributed by atoms with Gasteiger partial charge in [0, 0.05) is 12.3 Å². The first-order valence-corrected chi connectivity index (χ1v) is 7.35. The summed E-state index contributed by atoms with van der Waals surface area (Å²) >= 11 is 14.7. The molecule has 0 saturated heterocycles. The van der Waals surface area contributed by atoms with Gasteiger partial charge in [0.15, 0.2) is 5.16 Å². The molecule has 0 unspecified atom stereocenters. The highest BCUT2D eigenvalue weighted by atomic mass is 35.5. The van der Waals surface area contributed by atoms with Crippen LogP contribution in [0.25, 0.3) is 0 Å². The smallest absolute Gasteiger partial charge is 0.189 e. The molecule has 0 aliphatic heterocycles. The van der Waals surface area contributed by atoms with Crippen LogP contribution in [-0.4, -0.2) is 21.2 Å². The van der Waals surface area contributed by atoms with E-state index in [2.05, 4.69) is 15.0 Å². The SMILES string of the molecule is CSc1nc(Cl)cc(Sc2ncccc2Cl)n1. The van der Waals surface area contributed by atoms with Gasteiger partial charge < -0.3 is 0 Å². The zero-order valence-corrected chi connectivity index (χ0v) is 11.9. The molecule has 2 aromatic heterocycles. The van der Waals surface area contributed by atoms with Gasteiger partial charge in [0.1, 0.15) is 15.2 Å². The zero-order chi connectivity index (χ0) is 12.3. The molecule has 3 nitrogen and oxygen atoms in total. The Morgan fingerprint density at radius 1 is 1.24 bits per heavy atom. The van der Waals surface area contributed by atoms with Gasteiger partial charge in [-0.25, -0.2) is 15.0 Å². The Morgan fingerprint density at radius 3 is 2.76 bits per heavy atom. The number of pyridine rings is 1. The van der Waals surface area contributed by atoms with Gasteiger partial charge in [0.05, 0.1) is 5.02 Å². The standard InChI is InChI=1S/C10H7Cl2N3S2/c1-16-10-14-7(12)5-8(15-10)17-9-6(11)3-2-4-13-9/h2-5H,1H3. The molecule has 17 heavy (non-hydrogen) atoms. The maximum atomic E-state index is 6.02. The van der Waals surface area contributed by atoms with Crippen LogP contribution in [0.3, 0.4) is 0 Å². The average molecular weight is 304 g/mol. The molecule has 0 N–H and O–H groups in total. The van der Waals surface area contributed by atoms with E-state index in [1.165, 1.54) is 23.5 Å². The van der Waals surface area contributed by atoms with Gasteiger partial charge >= 0.3 is 0 Å². The molecule has 2 rings (SSSR count). The molecule has 0 aliphatic carbocycles. The fraction of sp³-hybridized carbons (Fsp3) is 0.100. The minimum Gasteiger partial charge on any atom is -0.248 e. The summed E-state index contributed by atoms with van der Waals surface area (Å²) in [6.07, 6.45) is 3.58. The van der Waals surface area contributed by atoms with Crippen molar-refractivity contribution in [1.82, 2.24) is 15.0 Å². The predicted octanol–water partition coefficient (Wildman–Crippen LogP) is 4.05. The molecule has 0 spiro atoms. The maximum Gasteiger partial charge on any atom is 0.189 e. The lowest BCUT2D eigenvalue weighted by Crippen LogP contribution is -1.90. The van der Waals surface area contributed by atoms with E-state index in [0.29, 0.717) is 20.4 Å². The average Bonchev–Trinajstić information content (AvgIpc) is 2.31. The van der Waals surface area contributed by atoms with Crippen LogP contribution >= 0.6 is 46.7 Å². The molecule has 0 atom stereocenters. The van der Waals surface area contributed by atoms with Crippen molar-refractivity contribution in [3.05, 3.63) is 34.6 Å². The Labute approximate surface area is 117 Å². The quantitative estimate of drug-likeness (QED) is 0.486. The fourth-order valence-electron chi connectivity index (χ4n) is 1.07. The van der Waals surface area contributed by atoms with Crippen molar-refractivity contribution in [2.45, 2.75) is 15.2 Å². The van der Waals surface area contributed by atoms with Gasteiger partial charge in [0.2, 0.25) is 0 Å². The summed E-state index contributed by atoms with van der Waals surface area (Å²) in [5.41, 5.74) is 0. The molecule has 7 heteroatoms. The Bertz CT molecular complexity index is 537. The van der Waals surface area contributed by atoms with Gasteiger partial charge in [-0.05, 0) is 30.2 Å². The third-order valence-corrected chi connectivity index (χ3v) is 3.85. The van der Waals surface area contributed by atoms with Gasteiger partial charge in [-0.15, -0.1) is 0 Å². The first kappa shape index (κ1) is 13.0. The third kappa shape index (κ3) is 3.48. The van der Waals surface area contributed by atoms with Crippen LogP contribution in [0.15, 0.2) is 39.6 Å². The summed E-state index contributed by atoms with van der Waals surface area (Å²) in [5.74, 6) is 0. The largest absolute Gasteiger partial charge is 0.248 e. The molecule has 2 aromatic rings. The van der Waals surface area contributed by atoms with Crippen molar-refractivity contribution in [2.75, 3.05) is 6.26 Å². The summed E-state index contributed by atoms with van der Waals surface area (Å²) in [7, 11) is 0. The number of hydrogen-bond acceptors (Lipinski definition) is 5. The molecule has 0 amide bonds. The zero-order valence-electron chi connectivity index (χ0n) is 8.72. The van der Waals surface area contributed by atoms with E-state index in [9.17, 15) is 0 Å². The first-order chi connectivity index (χ1) is 8.19. The van der Waals surface area contributed by atoms with Crippen LogP contribution in [0.4, 0.5) is 0 Å². The van der Waals surface area contributed by atoms with Crippen molar-refractivity contribution < 1.29 is 0 Å².